The van der Waals surface area contributed by atoms with Crippen LogP contribution in [0.25, 0.3) is 6.08 Å². The monoisotopic (exact) mass is 519 g/mol. The predicted molar refractivity (Wildman–Crippen MR) is 148 cm³/mol. The summed E-state index contributed by atoms with van der Waals surface area (Å²) in [7, 11) is -0.615. The minimum absolute atomic E-state index is 0.0546. The fourth-order valence-electron chi connectivity index (χ4n) is 3.08. The van der Waals surface area contributed by atoms with E-state index in [0.717, 1.165) is 5.56 Å². The summed E-state index contributed by atoms with van der Waals surface area (Å²) in [5.74, 6) is 0.199. The number of alkyl carbamates (subject to hydrolysis) is 1. The first-order chi connectivity index (χ1) is 16.6. The topological polar surface area (TPSA) is 83.1 Å². The molecule has 0 bridgehead atoms. The van der Waals surface area contributed by atoms with Gasteiger partial charge in [0.2, 0.25) is 0 Å². The van der Waals surface area contributed by atoms with Crippen LogP contribution in [0.5, 0.6) is 5.75 Å². The zero-order valence-electron chi connectivity index (χ0n) is 23.5. The van der Waals surface area contributed by atoms with Crippen LogP contribution < -0.4 is 10.1 Å². The van der Waals surface area contributed by atoms with E-state index in [0.29, 0.717) is 18.6 Å². The molecule has 0 heterocycles. The van der Waals surface area contributed by atoms with Gasteiger partial charge < -0.3 is 24.3 Å². The van der Waals surface area contributed by atoms with Crippen molar-refractivity contribution < 1.29 is 28.5 Å². The molecule has 1 rings (SSSR count). The quantitative estimate of drug-likeness (QED) is 0.147. The minimum atomic E-state index is -2.19. The Morgan fingerprint density at radius 1 is 1.14 bits per heavy atom. The molecule has 0 fully saturated rings. The molecule has 0 aliphatic heterocycles. The lowest BCUT2D eigenvalue weighted by atomic mass is 10.1. The van der Waals surface area contributed by atoms with Crippen LogP contribution in [0.2, 0.25) is 18.1 Å². The highest BCUT2D eigenvalue weighted by atomic mass is 28.3. The molecule has 1 amide bonds. The lowest BCUT2D eigenvalue weighted by Crippen LogP contribution is -2.53. The third-order valence-electron chi connectivity index (χ3n) is 6.19. The first-order valence-corrected chi connectivity index (χ1v) is 15.4. The molecule has 1 aromatic rings. The number of rotatable bonds is 12. The lowest BCUT2D eigenvalue weighted by molar-refractivity contribution is -0.147. The molecule has 0 saturated carbocycles. The molecule has 7 nitrogen and oxygen atoms in total. The van der Waals surface area contributed by atoms with E-state index in [9.17, 15) is 9.59 Å². The van der Waals surface area contributed by atoms with Crippen molar-refractivity contribution in [3.8, 4) is 5.75 Å². The second-order valence-electron chi connectivity index (χ2n) is 11.4. The molecular formula is C28H45NO6Si. The number of nitrogens with one attached hydrogen (secondary N) is 1. The Kier molecular flexibility index (Phi) is 11.9. The minimum Gasteiger partial charge on any atom is -0.468 e. The van der Waals surface area contributed by atoms with Gasteiger partial charge in [-0.15, -0.1) is 6.58 Å². The first kappa shape index (κ1) is 31.4. The molecule has 1 aromatic carbocycles. The summed E-state index contributed by atoms with van der Waals surface area (Å²) in [5, 5.41) is 2.63. The summed E-state index contributed by atoms with van der Waals surface area (Å²) in [4.78, 5) is 25.7. The van der Waals surface area contributed by atoms with E-state index in [4.69, 9.17) is 18.9 Å². The molecule has 0 aromatic heterocycles. The Labute approximate surface area is 218 Å². The molecule has 0 radical (unpaired) electrons. The Morgan fingerprint density at radius 3 is 2.36 bits per heavy atom. The Balaban J connectivity index is 3.21. The van der Waals surface area contributed by atoms with Crippen molar-refractivity contribution in [2.45, 2.75) is 89.9 Å². The van der Waals surface area contributed by atoms with Gasteiger partial charge in [0, 0.05) is 7.11 Å². The van der Waals surface area contributed by atoms with Crippen LogP contribution >= 0.6 is 0 Å². The van der Waals surface area contributed by atoms with Crippen LogP contribution in [0.15, 0.2) is 43.0 Å². The number of esters is 1. The van der Waals surface area contributed by atoms with Gasteiger partial charge in [0.1, 0.15) is 31.2 Å². The number of benzene rings is 1. The van der Waals surface area contributed by atoms with Crippen molar-refractivity contribution >= 4 is 26.2 Å². The van der Waals surface area contributed by atoms with E-state index in [1.807, 2.05) is 36.4 Å². The van der Waals surface area contributed by atoms with Crippen molar-refractivity contribution in [2.24, 2.45) is 0 Å². The summed E-state index contributed by atoms with van der Waals surface area (Å²) in [6.45, 7) is 20.1. The maximum absolute atomic E-state index is 13.3. The average Bonchev–Trinajstić information content (AvgIpc) is 2.75. The largest absolute Gasteiger partial charge is 0.468 e. The summed E-state index contributed by atoms with van der Waals surface area (Å²) in [6.07, 6.45) is 5.86. The van der Waals surface area contributed by atoms with Gasteiger partial charge in [-0.2, -0.15) is 0 Å². The Bertz CT molecular complexity index is 898. The normalized spacial score (nSPS) is 14.1. The number of carbonyl (C=O) groups excluding carboxylic acids is 2. The predicted octanol–water partition coefficient (Wildman–Crippen LogP) is 6.50. The molecule has 2 atom stereocenters. The number of amides is 1. The lowest BCUT2D eigenvalue weighted by Gasteiger charge is -2.41. The van der Waals surface area contributed by atoms with Crippen LogP contribution in [-0.2, 0) is 19.0 Å². The fourth-order valence-corrected chi connectivity index (χ4v) is 4.92. The summed E-state index contributed by atoms with van der Waals surface area (Å²) in [5.41, 5.74) is -0.191. The molecule has 0 spiro atoms. The van der Waals surface area contributed by atoms with Gasteiger partial charge in [0.25, 0.3) is 0 Å². The highest BCUT2D eigenvalue weighted by Crippen LogP contribution is 2.40. The summed E-state index contributed by atoms with van der Waals surface area (Å²) >= 11 is 0. The molecular weight excluding hydrogens is 474 g/mol. The second kappa shape index (κ2) is 13.6. The molecule has 0 aliphatic rings. The Hall–Kier alpha value is -2.58. The van der Waals surface area contributed by atoms with E-state index in [1.165, 1.54) is 0 Å². The van der Waals surface area contributed by atoms with Gasteiger partial charge in [-0.1, -0.05) is 58.2 Å². The zero-order valence-corrected chi connectivity index (χ0v) is 24.5. The van der Waals surface area contributed by atoms with Crippen molar-refractivity contribution in [3.05, 3.63) is 48.6 Å². The zero-order chi connectivity index (χ0) is 27.6. The van der Waals surface area contributed by atoms with Crippen LogP contribution in [0.4, 0.5) is 4.79 Å². The highest BCUT2D eigenvalue weighted by Gasteiger charge is 2.44. The molecule has 1 unspecified atom stereocenters. The molecule has 0 saturated heterocycles. The average molecular weight is 520 g/mol. The molecule has 8 heteroatoms. The van der Waals surface area contributed by atoms with Gasteiger partial charge in [-0.25, -0.2) is 9.59 Å². The molecule has 202 valence electrons. The third-order valence-corrected chi connectivity index (χ3v) is 11.8. The fraction of sp³-hybridized carbons (Fsp3) is 0.571. The van der Waals surface area contributed by atoms with Gasteiger partial charge >= 0.3 is 12.1 Å². The summed E-state index contributed by atoms with van der Waals surface area (Å²) in [6, 6.07) is 6.76. The molecule has 0 aliphatic carbocycles. The number of methoxy groups -OCH3 is 1. The maximum atomic E-state index is 13.3. The van der Waals surface area contributed by atoms with Crippen LogP contribution in [0, 0.1) is 0 Å². The SMILES string of the molecule is C=CCCC(NC(=O)OC(C)(C)C)C(=O)O[C@H](/C=C\c1cccc(OCOC)c1)[Si](C)(C)C(C)(C)C. The second-order valence-corrected chi connectivity index (χ2v) is 16.9. The van der Waals surface area contributed by atoms with Crippen molar-refractivity contribution in [3.63, 3.8) is 0 Å². The number of hydrogen-bond acceptors (Lipinski definition) is 6. The van der Waals surface area contributed by atoms with Crippen molar-refractivity contribution in [1.82, 2.24) is 5.32 Å². The first-order valence-electron chi connectivity index (χ1n) is 12.3. The number of ether oxygens (including phenoxy) is 4. The highest BCUT2D eigenvalue weighted by molar-refractivity contribution is 6.81. The van der Waals surface area contributed by atoms with Gasteiger partial charge in [-0.05, 0) is 62.4 Å². The van der Waals surface area contributed by atoms with E-state index in [2.05, 4.69) is 45.8 Å². The number of carbonyl (C=O) groups is 2. The van der Waals surface area contributed by atoms with E-state index >= 15 is 0 Å². The molecule has 1 N–H and O–H groups in total. The van der Waals surface area contributed by atoms with Crippen LogP contribution in [-0.4, -0.2) is 51.4 Å². The number of allylic oxidation sites excluding steroid dienone is 1. The third kappa shape index (κ3) is 10.6. The van der Waals surface area contributed by atoms with E-state index < -0.39 is 37.5 Å². The maximum Gasteiger partial charge on any atom is 0.408 e. The standard InChI is InChI=1S/C28H45NO6Si/c1-11-12-16-23(29-26(31)35-27(2,3)4)25(30)34-24(36(9,10)28(5,6)7)18-17-21-14-13-15-22(19-21)33-20-32-8/h11,13-15,17-19,23-24H,1,12,16,20H2,2-10H3,(H,29,31)/b18-17-/t23?,24-/m0/s1. The van der Waals surface area contributed by atoms with Crippen molar-refractivity contribution in [2.75, 3.05) is 13.9 Å². The summed E-state index contributed by atoms with van der Waals surface area (Å²) < 4.78 is 22.0. The van der Waals surface area contributed by atoms with Crippen LogP contribution in [0.3, 0.4) is 0 Å². The van der Waals surface area contributed by atoms with Gasteiger partial charge in [-0.3, -0.25) is 0 Å². The van der Waals surface area contributed by atoms with Crippen molar-refractivity contribution in [1.29, 1.82) is 0 Å². The van der Waals surface area contributed by atoms with Crippen LogP contribution in [0.1, 0.15) is 59.9 Å². The van der Waals surface area contributed by atoms with E-state index in [1.54, 1.807) is 34.0 Å². The smallest absolute Gasteiger partial charge is 0.408 e. The van der Waals surface area contributed by atoms with E-state index in [-0.39, 0.29) is 11.8 Å². The molecule has 36 heavy (non-hydrogen) atoms. The Morgan fingerprint density at radius 2 is 1.81 bits per heavy atom. The van der Waals surface area contributed by atoms with Gasteiger partial charge in [0.05, 0.1) is 0 Å². The number of hydrogen-bond donors (Lipinski definition) is 1. The van der Waals surface area contributed by atoms with Gasteiger partial charge in [0.15, 0.2) is 6.79 Å².